The van der Waals surface area contributed by atoms with E-state index in [4.69, 9.17) is 10.5 Å². The smallest absolute Gasteiger partial charge is 0.221 e. The van der Waals surface area contributed by atoms with Gasteiger partial charge in [-0.15, -0.1) is 0 Å². The van der Waals surface area contributed by atoms with Crippen molar-refractivity contribution in [1.82, 2.24) is 5.32 Å². The van der Waals surface area contributed by atoms with Gasteiger partial charge in [-0.05, 0) is 31.0 Å². The molecule has 0 spiro atoms. The third-order valence-electron chi connectivity index (χ3n) is 2.46. The van der Waals surface area contributed by atoms with Gasteiger partial charge in [-0.2, -0.15) is 0 Å². The highest BCUT2D eigenvalue weighted by Gasteiger charge is 2.05. The van der Waals surface area contributed by atoms with Gasteiger partial charge in [0.25, 0.3) is 0 Å². The minimum absolute atomic E-state index is 0.0199. The Morgan fingerprint density at radius 1 is 1.53 bits per heavy atom. The summed E-state index contributed by atoms with van der Waals surface area (Å²) >= 11 is 0. The molecule has 0 heterocycles. The van der Waals surface area contributed by atoms with E-state index >= 15 is 0 Å². The molecule has 0 saturated carbocycles. The third kappa shape index (κ3) is 4.44. The summed E-state index contributed by atoms with van der Waals surface area (Å²) in [5.74, 6) is 0.837. The lowest BCUT2D eigenvalue weighted by Gasteiger charge is -2.09. The van der Waals surface area contributed by atoms with Crippen molar-refractivity contribution >= 4 is 5.91 Å². The van der Waals surface area contributed by atoms with Crippen molar-refractivity contribution < 1.29 is 9.53 Å². The average Bonchev–Trinajstić information content (AvgIpc) is 2.25. The zero-order valence-corrected chi connectivity index (χ0v) is 10.6. The van der Waals surface area contributed by atoms with E-state index < -0.39 is 0 Å². The van der Waals surface area contributed by atoms with E-state index in [0.29, 0.717) is 13.0 Å². The van der Waals surface area contributed by atoms with Crippen LogP contribution in [0.2, 0.25) is 0 Å². The van der Waals surface area contributed by atoms with Crippen LogP contribution in [0.25, 0.3) is 0 Å². The number of hydrogen-bond acceptors (Lipinski definition) is 3. The van der Waals surface area contributed by atoms with Gasteiger partial charge in [0.15, 0.2) is 0 Å². The van der Waals surface area contributed by atoms with E-state index in [0.717, 1.165) is 16.9 Å². The molecule has 1 unspecified atom stereocenters. The first-order valence-corrected chi connectivity index (χ1v) is 5.68. The maximum absolute atomic E-state index is 11.4. The van der Waals surface area contributed by atoms with E-state index in [9.17, 15) is 4.79 Å². The number of benzene rings is 1. The molecule has 0 aromatic heterocycles. The number of aryl methyl sites for hydroxylation is 1. The lowest BCUT2D eigenvalue weighted by molar-refractivity contribution is -0.121. The van der Waals surface area contributed by atoms with Crippen molar-refractivity contribution in [3.63, 3.8) is 0 Å². The van der Waals surface area contributed by atoms with Crippen LogP contribution in [0.3, 0.4) is 0 Å². The molecule has 94 valence electrons. The van der Waals surface area contributed by atoms with Crippen LogP contribution in [-0.2, 0) is 11.3 Å². The number of carbonyl (C=O) groups is 1. The molecule has 0 aliphatic rings. The molecule has 0 saturated heterocycles. The largest absolute Gasteiger partial charge is 0.496 e. The Morgan fingerprint density at radius 3 is 2.76 bits per heavy atom. The number of carbonyl (C=O) groups excluding carboxylic acids is 1. The molecule has 4 nitrogen and oxygen atoms in total. The highest BCUT2D eigenvalue weighted by atomic mass is 16.5. The van der Waals surface area contributed by atoms with Crippen molar-refractivity contribution in [3.8, 4) is 5.75 Å². The fourth-order valence-corrected chi connectivity index (χ4v) is 1.62. The van der Waals surface area contributed by atoms with Crippen LogP contribution >= 0.6 is 0 Å². The van der Waals surface area contributed by atoms with Gasteiger partial charge >= 0.3 is 0 Å². The Labute approximate surface area is 102 Å². The summed E-state index contributed by atoms with van der Waals surface area (Å²) in [7, 11) is 1.65. The first-order chi connectivity index (χ1) is 8.02. The van der Waals surface area contributed by atoms with E-state index in [1.165, 1.54) is 0 Å². The van der Waals surface area contributed by atoms with Crippen LogP contribution in [0.15, 0.2) is 18.2 Å². The summed E-state index contributed by atoms with van der Waals surface area (Å²) in [5.41, 5.74) is 7.67. The van der Waals surface area contributed by atoms with Crippen molar-refractivity contribution in [1.29, 1.82) is 0 Å². The molecule has 3 N–H and O–H groups in total. The van der Waals surface area contributed by atoms with Crippen LogP contribution in [0.4, 0.5) is 0 Å². The predicted molar refractivity (Wildman–Crippen MR) is 67.8 cm³/mol. The van der Waals surface area contributed by atoms with Gasteiger partial charge in [-0.1, -0.05) is 12.1 Å². The maximum atomic E-state index is 11.4. The van der Waals surface area contributed by atoms with Crippen LogP contribution in [0.1, 0.15) is 24.5 Å². The van der Waals surface area contributed by atoms with Gasteiger partial charge in [0.2, 0.25) is 5.91 Å². The lowest BCUT2D eigenvalue weighted by Crippen LogP contribution is -2.29. The highest BCUT2D eigenvalue weighted by molar-refractivity contribution is 5.76. The van der Waals surface area contributed by atoms with E-state index in [1.54, 1.807) is 7.11 Å². The molecule has 17 heavy (non-hydrogen) atoms. The normalized spacial score (nSPS) is 12.0. The second-order valence-electron chi connectivity index (χ2n) is 4.26. The quantitative estimate of drug-likeness (QED) is 0.811. The summed E-state index contributed by atoms with van der Waals surface area (Å²) in [6.07, 6.45) is 0.356. The SMILES string of the molecule is COc1ccc(CNC(=O)CC(C)N)cc1C. The Kier molecular flexibility index (Phi) is 4.97. The van der Waals surface area contributed by atoms with Crippen molar-refractivity contribution in [2.24, 2.45) is 5.73 Å². The summed E-state index contributed by atoms with van der Waals surface area (Å²) in [5, 5.41) is 2.84. The van der Waals surface area contributed by atoms with Gasteiger partial charge in [0, 0.05) is 19.0 Å². The molecule has 1 amide bonds. The Hall–Kier alpha value is -1.55. The molecular formula is C13H20N2O2. The van der Waals surface area contributed by atoms with Crippen LogP contribution < -0.4 is 15.8 Å². The molecule has 0 fully saturated rings. The molecule has 0 aliphatic heterocycles. The minimum Gasteiger partial charge on any atom is -0.496 e. The Balaban J connectivity index is 2.52. The van der Waals surface area contributed by atoms with E-state index in [-0.39, 0.29) is 11.9 Å². The van der Waals surface area contributed by atoms with Gasteiger partial charge in [-0.25, -0.2) is 0 Å². The molecule has 0 aliphatic carbocycles. The number of rotatable bonds is 5. The zero-order chi connectivity index (χ0) is 12.8. The lowest BCUT2D eigenvalue weighted by atomic mass is 10.1. The van der Waals surface area contributed by atoms with Crippen LogP contribution in [-0.4, -0.2) is 19.1 Å². The molecule has 1 rings (SSSR count). The van der Waals surface area contributed by atoms with Gasteiger partial charge < -0.3 is 15.8 Å². The van der Waals surface area contributed by atoms with Gasteiger partial charge in [0.1, 0.15) is 5.75 Å². The van der Waals surface area contributed by atoms with E-state index in [2.05, 4.69) is 5.32 Å². The zero-order valence-electron chi connectivity index (χ0n) is 10.6. The third-order valence-corrected chi connectivity index (χ3v) is 2.46. The highest BCUT2D eigenvalue weighted by Crippen LogP contribution is 2.18. The van der Waals surface area contributed by atoms with Crippen LogP contribution in [0.5, 0.6) is 5.75 Å². The summed E-state index contributed by atoms with van der Waals surface area (Å²) in [6.45, 7) is 4.32. The maximum Gasteiger partial charge on any atom is 0.221 e. The van der Waals surface area contributed by atoms with Crippen molar-refractivity contribution in [2.75, 3.05) is 7.11 Å². The molecule has 0 bridgehead atoms. The average molecular weight is 236 g/mol. The number of methoxy groups -OCH3 is 1. The summed E-state index contributed by atoms with van der Waals surface area (Å²) in [6, 6.07) is 5.75. The van der Waals surface area contributed by atoms with E-state index in [1.807, 2.05) is 32.0 Å². The van der Waals surface area contributed by atoms with Gasteiger partial charge in [0.05, 0.1) is 7.11 Å². The number of nitrogens with one attached hydrogen (secondary N) is 1. The number of hydrogen-bond donors (Lipinski definition) is 2. The van der Waals surface area contributed by atoms with Crippen molar-refractivity contribution in [2.45, 2.75) is 32.9 Å². The summed E-state index contributed by atoms with van der Waals surface area (Å²) < 4.78 is 5.17. The molecule has 1 atom stereocenters. The first kappa shape index (κ1) is 13.5. The summed E-state index contributed by atoms with van der Waals surface area (Å²) in [4.78, 5) is 11.4. The fourth-order valence-electron chi connectivity index (χ4n) is 1.62. The topological polar surface area (TPSA) is 64.3 Å². The fraction of sp³-hybridized carbons (Fsp3) is 0.462. The monoisotopic (exact) mass is 236 g/mol. The molecule has 1 aromatic rings. The number of amides is 1. The second-order valence-corrected chi connectivity index (χ2v) is 4.26. The number of nitrogens with two attached hydrogens (primary N) is 1. The first-order valence-electron chi connectivity index (χ1n) is 5.68. The molecule has 1 aromatic carbocycles. The minimum atomic E-state index is -0.104. The molecule has 0 radical (unpaired) electrons. The molecular weight excluding hydrogens is 216 g/mol. The molecule has 4 heteroatoms. The van der Waals surface area contributed by atoms with Crippen LogP contribution in [0, 0.1) is 6.92 Å². The van der Waals surface area contributed by atoms with Gasteiger partial charge in [-0.3, -0.25) is 4.79 Å². The van der Waals surface area contributed by atoms with Crippen molar-refractivity contribution in [3.05, 3.63) is 29.3 Å². The standard InChI is InChI=1S/C13H20N2O2/c1-9-6-11(4-5-12(9)17-3)8-15-13(16)7-10(2)14/h4-6,10H,7-8,14H2,1-3H3,(H,15,16). The predicted octanol–water partition coefficient (Wildman–Crippen LogP) is 1.36. The number of ether oxygens (including phenoxy) is 1. The Morgan fingerprint density at radius 2 is 2.24 bits per heavy atom. The Bertz CT molecular complexity index is 389. The second kappa shape index (κ2) is 6.25.